The van der Waals surface area contributed by atoms with Gasteiger partial charge in [0.25, 0.3) is 0 Å². The largest absolute Gasteiger partial charge is 0.481 e. The molecular weight excluding hydrogens is 553 g/mol. The van der Waals surface area contributed by atoms with Crippen molar-refractivity contribution in [2.75, 3.05) is 17.6 Å². The summed E-state index contributed by atoms with van der Waals surface area (Å²) in [5.41, 5.74) is 1.78. The summed E-state index contributed by atoms with van der Waals surface area (Å²) in [6.45, 7) is 11.1. The number of carboxylic acids is 1. The maximum atomic E-state index is 13.7. The molecule has 1 aromatic carbocycles. The van der Waals surface area contributed by atoms with Gasteiger partial charge in [-0.25, -0.2) is 27.1 Å². The molecule has 0 saturated carbocycles. The van der Waals surface area contributed by atoms with Crippen molar-refractivity contribution < 1.29 is 32.3 Å². The van der Waals surface area contributed by atoms with E-state index < -0.39 is 41.1 Å². The molecule has 0 spiro atoms. The van der Waals surface area contributed by atoms with Crippen LogP contribution >= 0.6 is 0 Å². The molecule has 1 atom stereocenters. The SMILES string of the molecule is CC(C)c1nc(N(C)S(C)(=O)=O)nc(-c2ccc(F)cc2)c1/C=C/C(=O)C[C@H](CC(=O)O)CC(C)(C)[Si](C)(C)O. The van der Waals surface area contributed by atoms with E-state index in [9.17, 15) is 32.3 Å². The zero-order chi connectivity index (χ0) is 30.6. The van der Waals surface area contributed by atoms with E-state index in [1.54, 1.807) is 19.2 Å². The first-order valence-corrected chi connectivity index (χ1v) is 17.8. The number of hydrogen-bond acceptors (Lipinski definition) is 7. The summed E-state index contributed by atoms with van der Waals surface area (Å²) in [4.78, 5) is 44.3. The number of benzene rings is 1. The number of rotatable bonds is 13. The molecule has 2 aromatic rings. The third kappa shape index (κ3) is 8.77. The van der Waals surface area contributed by atoms with Crippen molar-refractivity contribution in [1.29, 1.82) is 0 Å². The second-order valence-corrected chi connectivity index (χ2v) is 18.2. The van der Waals surface area contributed by atoms with Crippen LogP contribution in [0.15, 0.2) is 30.3 Å². The lowest BCUT2D eigenvalue weighted by Gasteiger charge is -2.37. The number of hydrogen-bond donors (Lipinski definition) is 2. The Labute approximate surface area is 237 Å². The summed E-state index contributed by atoms with van der Waals surface area (Å²) in [6.07, 6.45) is 4.07. The van der Waals surface area contributed by atoms with Crippen LogP contribution in [0.1, 0.15) is 64.1 Å². The molecule has 12 heteroatoms. The summed E-state index contributed by atoms with van der Waals surface area (Å²) in [5, 5.41) is 8.93. The van der Waals surface area contributed by atoms with Crippen LogP contribution in [0, 0.1) is 11.7 Å². The molecule has 0 aliphatic rings. The number of halogens is 1. The molecule has 0 bridgehead atoms. The standard InChI is InChI=1S/C28H40FN3O6SSi/c1-18(2)25-23(14-13-22(33)15-19(16-24(34)35)17-28(3,4)40(7,8)38)26(20-9-11-21(29)12-10-20)31-27(30-25)32(5)39(6,36)37/h9-14,18-19,38H,15-17H2,1-8H3,(H,34,35)/b14-13+/t19-/m1/s1. The van der Waals surface area contributed by atoms with Gasteiger partial charge in [-0.1, -0.05) is 27.7 Å². The minimum absolute atomic E-state index is 0.0324. The van der Waals surface area contributed by atoms with E-state index in [-0.39, 0.29) is 30.5 Å². The van der Waals surface area contributed by atoms with Gasteiger partial charge in [0.1, 0.15) is 5.82 Å². The van der Waals surface area contributed by atoms with Crippen molar-refractivity contribution in [3.05, 3.63) is 47.4 Å². The van der Waals surface area contributed by atoms with Crippen molar-refractivity contribution in [2.24, 2.45) is 5.92 Å². The van der Waals surface area contributed by atoms with Crippen LogP contribution in [0.2, 0.25) is 18.1 Å². The van der Waals surface area contributed by atoms with E-state index in [1.807, 2.05) is 27.7 Å². The third-order valence-electron chi connectivity index (χ3n) is 7.25. The molecule has 2 rings (SSSR count). The second kappa shape index (κ2) is 12.7. The number of carboxylic acid groups (broad SMARTS) is 1. The number of carbonyl (C=O) groups is 2. The van der Waals surface area contributed by atoms with Crippen LogP contribution in [0.3, 0.4) is 0 Å². The Balaban J connectivity index is 2.58. The molecule has 0 unspecified atom stereocenters. The molecule has 0 fully saturated rings. The van der Waals surface area contributed by atoms with E-state index >= 15 is 0 Å². The zero-order valence-electron chi connectivity index (χ0n) is 24.4. The first-order valence-electron chi connectivity index (χ1n) is 13.0. The number of nitrogens with zero attached hydrogens (tertiary/aromatic N) is 3. The monoisotopic (exact) mass is 593 g/mol. The number of allylic oxidation sites excluding steroid dienone is 1. The highest BCUT2D eigenvalue weighted by molar-refractivity contribution is 7.92. The lowest BCUT2D eigenvalue weighted by Crippen LogP contribution is -2.40. The molecule has 1 heterocycles. The highest BCUT2D eigenvalue weighted by atomic mass is 32.2. The van der Waals surface area contributed by atoms with Crippen LogP contribution in [0.4, 0.5) is 10.3 Å². The first kappa shape index (κ1) is 33.2. The highest BCUT2D eigenvalue weighted by Crippen LogP contribution is 2.43. The van der Waals surface area contributed by atoms with Crippen molar-refractivity contribution >= 4 is 42.1 Å². The Hall–Kier alpha value is -2.96. The second-order valence-electron chi connectivity index (χ2n) is 11.7. The van der Waals surface area contributed by atoms with Gasteiger partial charge in [0.05, 0.1) is 17.6 Å². The summed E-state index contributed by atoms with van der Waals surface area (Å²) in [7, 11) is -4.97. The van der Waals surface area contributed by atoms with E-state index in [0.29, 0.717) is 28.9 Å². The minimum atomic E-state index is -3.68. The van der Waals surface area contributed by atoms with Crippen LogP contribution in [0.5, 0.6) is 0 Å². The molecule has 2 N–H and O–H groups in total. The molecule has 0 aliphatic carbocycles. The Morgan fingerprint density at radius 3 is 2.17 bits per heavy atom. The van der Waals surface area contributed by atoms with Crippen molar-refractivity contribution in [3.8, 4) is 11.3 Å². The van der Waals surface area contributed by atoms with E-state index in [2.05, 4.69) is 9.97 Å². The van der Waals surface area contributed by atoms with Crippen molar-refractivity contribution in [3.63, 3.8) is 0 Å². The maximum absolute atomic E-state index is 13.7. The van der Waals surface area contributed by atoms with Gasteiger partial charge in [0, 0.05) is 31.0 Å². The van der Waals surface area contributed by atoms with Crippen LogP contribution in [-0.2, 0) is 19.6 Å². The molecular formula is C28H40FN3O6SSi. The summed E-state index contributed by atoms with van der Waals surface area (Å²) >= 11 is 0. The lowest BCUT2D eigenvalue weighted by atomic mass is 9.88. The molecule has 0 radical (unpaired) electrons. The van der Waals surface area contributed by atoms with E-state index in [0.717, 1.165) is 10.6 Å². The summed E-state index contributed by atoms with van der Waals surface area (Å²) in [6, 6.07) is 5.54. The van der Waals surface area contributed by atoms with Crippen molar-refractivity contribution in [1.82, 2.24) is 9.97 Å². The predicted octanol–water partition coefficient (Wildman–Crippen LogP) is 5.23. The highest BCUT2D eigenvalue weighted by Gasteiger charge is 2.40. The average Bonchev–Trinajstić information content (AvgIpc) is 2.80. The number of aromatic nitrogens is 2. The van der Waals surface area contributed by atoms with E-state index in [4.69, 9.17) is 0 Å². The summed E-state index contributed by atoms with van der Waals surface area (Å²) in [5.74, 6) is -2.52. The molecule has 0 amide bonds. The van der Waals surface area contributed by atoms with Crippen LogP contribution < -0.4 is 4.31 Å². The Morgan fingerprint density at radius 2 is 1.70 bits per heavy atom. The molecule has 1 aromatic heterocycles. The Kier molecular flexibility index (Phi) is 10.5. The molecule has 220 valence electrons. The van der Waals surface area contributed by atoms with Crippen molar-refractivity contribution in [2.45, 2.75) is 71.0 Å². The lowest BCUT2D eigenvalue weighted by molar-refractivity contribution is -0.138. The number of anilines is 1. The average molecular weight is 594 g/mol. The fourth-order valence-corrected chi connectivity index (χ4v) is 5.33. The normalized spacial score (nSPS) is 13.6. The number of ketones is 1. The first-order chi connectivity index (χ1) is 18.2. The quantitative estimate of drug-likeness (QED) is 0.238. The van der Waals surface area contributed by atoms with Gasteiger partial charge in [0.2, 0.25) is 16.0 Å². The molecule has 0 saturated heterocycles. The third-order valence-corrected chi connectivity index (χ3v) is 11.9. The number of sulfonamides is 1. The fourth-order valence-electron chi connectivity index (χ4n) is 4.16. The van der Waals surface area contributed by atoms with Gasteiger partial charge >= 0.3 is 5.97 Å². The maximum Gasteiger partial charge on any atom is 0.303 e. The smallest absolute Gasteiger partial charge is 0.303 e. The molecule has 0 aliphatic heterocycles. The topological polar surface area (TPSA) is 138 Å². The van der Waals surface area contributed by atoms with Gasteiger partial charge in [-0.2, -0.15) is 0 Å². The van der Waals surface area contributed by atoms with Crippen LogP contribution in [0.25, 0.3) is 17.3 Å². The van der Waals surface area contributed by atoms with Gasteiger partial charge < -0.3 is 9.90 Å². The van der Waals surface area contributed by atoms with Gasteiger partial charge in [-0.05, 0) is 72.8 Å². The zero-order valence-corrected chi connectivity index (χ0v) is 26.2. The molecule has 9 nitrogen and oxygen atoms in total. The fraction of sp³-hybridized carbons (Fsp3) is 0.500. The van der Waals surface area contributed by atoms with Crippen LogP contribution in [-0.4, -0.2) is 61.7 Å². The number of carbonyl (C=O) groups excluding carboxylic acids is 1. The van der Waals surface area contributed by atoms with Gasteiger partial charge in [-0.3, -0.25) is 9.59 Å². The van der Waals surface area contributed by atoms with E-state index in [1.165, 1.54) is 37.4 Å². The predicted molar refractivity (Wildman–Crippen MR) is 158 cm³/mol. The Morgan fingerprint density at radius 1 is 1.12 bits per heavy atom. The summed E-state index contributed by atoms with van der Waals surface area (Å²) < 4.78 is 39.1. The molecule has 40 heavy (non-hydrogen) atoms. The minimum Gasteiger partial charge on any atom is -0.481 e. The Bertz CT molecular complexity index is 1370. The number of aliphatic carboxylic acids is 1. The van der Waals surface area contributed by atoms with Gasteiger partial charge in [-0.15, -0.1) is 0 Å². The van der Waals surface area contributed by atoms with Gasteiger partial charge in [0.15, 0.2) is 14.1 Å².